The zero-order valence-electron chi connectivity index (χ0n) is 7.87. The summed E-state index contributed by atoms with van der Waals surface area (Å²) in [5.41, 5.74) is -0.247. The van der Waals surface area contributed by atoms with E-state index in [4.69, 9.17) is 4.74 Å². The lowest BCUT2D eigenvalue weighted by atomic mass is 9.80. The van der Waals surface area contributed by atoms with Crippen molar-refractivity contribution >= 4 is 0 Å². The Balaban J connectivity index is 2.00. The highest BCUT2D eigenvalue weighted by Gasteiger charge is 2.57. The molecule has 3 nitrogen and oxygen atoms in total. The van der Waals surface area contributed by atoms with Gasteiger partial charge in [-0.05, 0) is 6.42 Å². The van der Waals surface area contributed by atoms with Crippen molar-refractivity contribution < 1.29 is 14.2 Å². The molecular weight excluding hydrogens is 173 g/mol. The summed E-state index contributed by atoms with van der Waals surface area (Å²) in [7, 11) is 1.65. The van der Waals surface area contributed by atoms with Gasteiger partial charge >= 0.3 is 0 Å². The van der Waals surface area contributed by atoms with Crippen LogP contribution in [0.3, 0.4) is 0 Å². The zero-order valence-corrected chi connectivity index (χ0v) is 7.87. The molecule has 0 aliphatic carbocycles. The molecule has 0 radical (unpaired) electrons. The highest BCUT2D eigenvalue weighted by Crippen LogP contribution is 2.45. The Morgan fingerprint density at radius 3 is 3.00 bits per heavy atom. The predicted octanol–water partition coefficient (Wildman–Crippen LogP) is 0.180. The van der Waals surface area contributed by atoms with Crippen molar-refractivity contribution in [3.8, 4) is 0 Å². The molecule has 2 rings (SSSR count). The Morgan fingerprint density at radius 1 is 1.62 bits per heavy atom. The number of alkyl halides is 1. The van der Waals surface area contributed by atoms with E-state index in [1.165, 1.54) is 0 Å². The molecule has 0 aromatic heterocycles. The Labute approximate surface area is 77.5 Å². The SMILES string of the molecule is COCC1CC2(CO)CC(F)CN12. The second-order valence-electron chi connectivity index (χ2n) is 4.15. The normalized spacial score (nSPS) is 44.5. The average Bonchev–Trinajstić information content (AvgIpc) is 2.36. The molecule has 3 unspecified atom stereocenters. The van der Waals surface area contributed by atoms with Gasteiger partial charge in [-0.1, -0.05) is 0 Å². The predicted molar refractivity (Wildman–Crippen MR) is 46.3 cm³/mol. The van der Waals surface area contributed by atoms with Crippen LogP contribution in [0.4, 0.5) is 4.39 Å². The third kappa shape index (κ3) is 1.28. The smallest absolute Gasteiger partial charge is 0.115 e. The zero-order chi connectivity index (χ0) is 9.47. The molecule has 0 aromatic carbocycles. The van der Waals surface area contributed by atoms with Crippen LogP contribution in [-0.4, -0.2) is 54.6 Å². The molecule has 0 amide bonds. The maximum Gasteiger partial charge on any atom is 0.115 e. The van der Waals surface area contributed by atoms with Crippen LogP contribution in [0, 0.1) is 0 Å². The van der Waals surface area contributed by atoms with E-state index in [-0.39, 0.29) is 12.1 Å². The van der Waals surface area contributed by atoms with Crippen molar-refractivity contribution in [2.24, 2.45) is 0 Å². The van der Waals surface area contributed by atoms with Crippen molar-refractivity contribution in [3.63, 3.8) is 0 Å². The first-order valence-corrected chi connectivity index (χ1v) is 4.72. The van der Waals surface area contributed by atoms with Gasteiger partial charge in [-0.3, -0.25) is 4.90 Å². The van der Waals surface area contributed by atoms with E-state index in [0.29, 0.717) is 25.6 Å². The van der Waals surface area contributed by atoms with Crippen LogP contribution in [0.15, 0.2) is 0 Å². The molecule has 2 aliphatic heterocycles. The minimum atomic E-state index is -0.769. The van der Waals surface area contributed by atoms with Gasteiger partial charge in [-0.25, -0.2) is 4.39 Å². The van der Waals surface area contributed by atoms with Crippen LogP contribution in [0.1, 0.15) is 12.8 Å². The van der Waals surface area contributed by atoms with Gasteiger partial charge in [0.2, 0.25) is 0 Å². The van der Waals surface area contributed by atoms with Gasteiger partial charge in [0.15, 0.2) is 0 Å². The fourth-order valence-electron chi connectivity index (χ4n) is 2.74. The first kappa shape index (κ1) is 9.37. The van der Waals surface area contributed by atoms with Crippen LogP contribution in [0.25, 0.3) is 0 Å². The average molecular weight is 189 g/mol. The van der Waals surface area contributed by atoms with Crippen molar-refractivity contribution in [1.29, 1.82) is 0 Å². The number of ether oxygens (including phenoxy) is 1. The molecular formula is C9H16FNO2. The molecule has 2 saturated heterocycles. The number of aliphatic hydroxyl groups is 1. The molecule has 2 fully saturated rings. The van der Waals surface area contributed by atoms with Gasteiger partial charge in [-0.2, -0.15) is 0 Å². The second-order valence-corrected chi connectivity index (χ2v) is 4.15. The van der Waals surface area contributed by atoms with Crippen LogP contribution < -0.4 is 0 Å². The van der Waals surface area contributed by atoms with Gasteiger partial charge < -0.3 is 9.84 Å². The maximum atomic E-state index is 13.1. The standard InChI is InChI=1S/C9H16FNO2/c1-13-5-8-3-9(6-12)2-7(10)4-11(8)9/h7-8,12H,2-6H2,1H3. The molecule has 0 bridgehead atoms. The Hall–Kier alpha value is -0.190. The molecule has 76 valence electrons. The summed E-state index contributed by atoms with van der Waals surface area (Å²) >= 11 is 0. The first-order chi connectivity index (χ1) is 6.22. The van der Waals surface area contributed by atoms with Crippen LogP contribution in [0.5, 0.6) is 0 Å². The highest BCUT2D eigenvalue weighted by molar-refractivity contribution is 5.11. The van der Waals surface area contributed by atoms with Gasteiger partial charge in [0.1, 0.15) is 6.17 Å². The van der Waals surface area contributed by atoms with E-state index in [1.807, 2.05) is 0 Å². The van der Waals surface area contributed by atoms with Crippen LogP contribution in [-0.2, 0) is 4.74 Å². The van der Waals surface area contributed by atoms with Crippen LogP contribution >= 0.6 is 0 Å². The summed E-state index contributed by atoms with van der Waals surface area (Å²) in [4.78, 5) is 2.06. The molecule has 2 aliphatic rings. The summed E-state index contributed by atoms with van der Waals surface area (Å²) in [5.74, 6) is 0. The lowest BCUT2D eigenvalue weighted by Gasteiger charge is -2.53. The number of fused-ring (bicyclic) bond motifs is 1. The number of hydrogen-bond acceptors (Lipinski definition) is 3. The Morgan fingerprint density at radius 2 is 2.38 bits per heavy atom. The molecule has 0 saturated carbocycles. The minimum Gasteiger partial charge on any atom is -0.394 e. The fraction of sp³-hybridized carbons (Fsp3) is 1.00. The van der Waals surface area contributed by atoms with Gasteiger partial charge in [0.25, 0.3) is 0 Å². The fourth-order valence-corrected chi connectivity index (χ4v) is 2.74. The number of nitrogens with zero attached hydrogens (tertiary/aromatic N) is 1. The number of rotatable bonds is 3. The lowest BCUT2D eigenvalue weighted by molar-refractivity contribution is -0.0947. The van der Waals surface area contributed by atoms with Crippen molar-refractivity contribution in [1.82, 2.24) is 4.90 Å². The summed E-state index contributed by atoms with van der Waals surface area (Å²) < 4.78 is 18.1. The monoisotopic (exact) mass is 189 g/mol. The Kier molecular flexibility index (Phi) is 2.30. The van der Waals surface area contributed by atoms with E-state index >= 15 is 0 Å². The third-order valence-electron chi connectivity index (χ3n) is 3.32. The number of methoxy groups -OCH3 is 1. The summed E-state index contributed by atoms with van der Waals surface area (Å²) in [5, 5.41) is 9.20. The maximum absolute atomic E-state index is 13.1. The van der Waals surface area contributed by atoms with Crippen molar-refractivity contribution in [3.05, 3.63) is 0 Å². The van der Waals surface area contributed by atoms with E-state index in [0.717, 1.165) is 6.42 Å². The van der Waals surface area contributed by atoms with E-state index in [9.17, 15) is 9.50 Å². The molecule has 2 heterocycles. The summed E-state index contributed by atoms with van der Waals surface area (Å²) in [6.45, 7) is 1.19. The van der Waals surface area contributed by atoms with E-state index in [2.05, 4.69) is 4.90 Å². The molecule has 3 atom stereocenters. The molecule has 13 heavy (non-hydrogen) atoms. The second kappa shape index (κ2) is 3.19. The largest absolute Gasteiger partial charge is 0.394 e. The van der Waals surface area contributed by atoms with Crippen LogP contribution in [0.2, 0.25) is 0 Å². The minimum absolute atomic E-state index is 0.0770. The third-order valence-corrected chi connectivity index (χ3v) is 3.32. The molecule has 0 spiro atoms. The molecule has 0 aromatic rings. The number of aliphatic hydroxyl groups excluding tert-OH is 1. The van der Waals surface area contributed by atoms with Crippen molar-refractivity contribution in [2.45, 2.75) is 30.6 Å². The number of halogens is 1. The number of hydrogen-bond donors (Lipinski definition) is 1. The van der Waals surface area contributed by atoms with E-state index < -0.39 is 6.17 Å². The quantitative estimate of drug-likeness (QED) is 0.687. The summed E-state index contributed by atoms with van der Waals surface area (Å²) in [6.07, 6.45) is 0.593. The topological polar surface area (TPSA) is 32.7 Å². The lowest BCUT2D eigenvalue weighted by Crippen LogP contribution is -2.65. The van der Waals surface area contributed by atoms with Gasteiger partial charge in [0.05, 0.1) is 13.2 Å². The highest BCUT2D eigenvalue weighted by atomic mass is 19.1. The van der Waals surface area contributed by atoms with Gasteiger partial charge in [-0.15, -0.1) is 0 Å². The molecule has 4 heteroatoms. The van der Waals surface area contributed by atoms with Gasteiger partial charge in [0, 0.05) is 31.7 Å². The first-order valence-electron chi connectivity index (χ1n) is 4.72. The van der Waals surface area contributed by atoms with E-state index in [1.54, 1.807) is 7.11 Å². The Bertz CT molecular complexity index is 202. The molecule has 1 N–H and O–H groups in total. The summed E-state index contributed by atoms with van der Waals surface area (Å²) in [6, 6.07) is 0.317. The van der Waals surface area contributed by atoms with Crippen molar-refractivity contribution in [2.75, 3.05) is 26.9 Å².